The Morgan fingerprint density at radius 2 is 1.93 bits per heavy atom. The largest absolute Gasteiger partial charge is 0.346 e. The fraction of sp³-hybridized carbons (Fsp3) is 0.435. The monoisotopic (exact) mass is 409 g/mol. The number of hydrogen-bond acceptors (Lipinski definition) is 4. The predicted octanol–water partition coefficient (Wildman–Crippen LogP) is 3.38. The minimum absolute atomic E-state index is 0.0421. The third-order valence-corrected chi connectivity index (χ3v) is 6.08. The van der Waals surface area contributed by atoms with Crippen LogP contribution in [0.1, 0.15) is 49.2 Å². The van der Waals surface area contributed by atoms with Crippen LogP contribution < -0.4 is 10.6 Å². The van der Waals surface area contributed by atoms with E-state index in [1.165, 1.54) is 5.56 Å². The molecule has 0 saturated carbocycles. The van der Waals surface area contributed by atoms with Gasteiger partial charge in [-0.3, -0.25) is 9.20 Å². The van der Waals surface area contributed by atoms with Gasteiger partial charge in [0.15, 0.2) is 11.5 Å². The molecule has 1 fully saturated rings. The third-order valence-electron chi connectivity index (χ3n) is 6.08. The van der Waals surface area contributed by atoms with Crippen LogP contribution in [0.3, 0.4) is 0 Å². The van der Waals surface area contributed by atoms with Crippen molar-refractivity contribution in [3.05, 3.63) is 65.6 Å². The molecule has 0 bridgehead atoms. The lowest BCUT2D eigenvalue weighted by Gasteiger charge is -2.34. The van der Waals surface area contributed by atoms with E-state index < -0.39 is 12.1 Å². The fourth-order valence-corrected chi connectivity index (χ4v) is 4.03. The minimum Gasteiger partial charge on any atom is -0.346 e. The molecule has 1 aliphatic rings. The summed E-state index contributed by atoms with van der Waals surface area (Å²) in [6.07, 6.45) is 4.80. The molecule has 0 spiro atoms. The lowest BCUT2D eigenvalue weighted by Crippen LogP contribution is -2.47. The van der Waals surface area contributed by atoms with Crippen LogP contribution in [0.4, 0.5) is 4.39 Å². The smallest absolute Gasteiger partial charge is 0.226 e. The molecular formula is C23H28FN5O. The van der Waals surface area contributed by atoms with E-state index in [0.29, 0.717) is 23.5 Å². The van der Waals surface area contributed by atoms with Crippen LogP contribution in [-0.4, -0.2) is 33.6 Å². The average molecular weight is 410 g/mol. The second kappa shape index (κ2) is 8.92. The molecule has 7 heteroatoms. The summed E-state index contributed by atoms with van der Waals surface area (Å²) in [6, 6.07) is 13.3. The number of hydrogen-bond donors (Lipinski definition) is 2. The van der Waals surface area contributed by atoms with Crippen molar-refractivity contribution in [2.24, 2.45) is 5.41 Å². The van der Waals surface area contributed by atoms with E-state index in [9.17, 15) is 9.18 Å². The first-order valence-corrected chi connectivity index (χ1v) is 10.5. The summed E-state index contributed by atoms with van der Waals surface area (Å²) >= 11 is 0. The van der Waals surface area contributed by atoms with Gasteiger partial charge in [0.25, 0.3) is 0 Å². The van der Waals surface area contributed by atoms with Gasteiger partial charge in [-0.1, -0.05) is 43.3 Å². The summed E-state index contributed by atoms with van der Waals surface area (Å²) < 4.78 is 15.0. The zero-order chi connectivity index (χ0) is 21.0. The number of nitrogens with zero attached hydrogens (tertiary/aromatic N) is 3. The SMILES string of the molecule is CC1(C(=O)N[C@H](CCc2ccccc2)c2nnc3ccc(CF)cn23)CCNCC1. The number of aromatic nitrogens is 3. The number of halogens is 1. The Morgan fingerprint density at radius 1 is 1.17 bits per heavy atom. The highest BCUT2D eigenvalue weighted by molar-refractivity contribution is 5.82. The van der Waals surface area contributed by atoms with E-state index in [1.807, 2.05) is 25.1 Å². The maximum absolute atomic E-state index is 13.2. The molecule has 0 radical (unpaired) electrons. The fourth-order valence-electron chi connectivity index (χ4n) is 4.03. The van der Waals surface area contributed by atoms with Gasteiger partial charge in [0.05, 0.1) is 6.04 Å². The molecule has 158 valence electrons. The summed E-state index contributed by atoms with van der Waals surface area (Å²) in [5.74, 6) is 0.683. The molecule has 0 unspecified atom stereocenters. The van der Waals surface area contributed by atoms with E-state index in [2.05, 4.69) is 33.0 Å². The molecule has 1 atom stereocenters. The summed E-state index contributed by atoms with van der Waals surface area (Å²) in [7, 11) is 0. The number of carbonyl (C=O) groups excluding carboxylic acids is 1. The lowest BCUT2D eigenvalue weighted by atomic mass is 9.80. The van der Waals surface area contributed by atoms with Crippen molar-refractivity contribution in [3.63, 3.8) is 0 Å². The molecule has 1 aromatic carbocycles. The number of rotatable bonds is 7. The van der Waals surface area contributed by atoms with Crippen LogP contribution in [-0.2, 0) is 17.9 Å². The first kappa shape index (κ1) is 20.5. The van der Waals surface area contributed by atoms with E-state index in [-0.39, 0.29) is 11.9 Å². The molecule has 3 heterocycles. The average Bonchev–Trinajstić information content (AvgIpc) is 3.20. The molecule has 4 rings (SSSR count). The number of nitrogens with one attached hydrogen (secondary N) is 2. The maximum Gasteiger partial charge on any atom is 0.226 e. The standard InChI is InChI=1S/C23H28FN5O/c1-23(11-13-25-14-12-23)22(30)26-19(9-7-17-5-3-2-4-6-17)21-28-27-20-10-8-18(15-24)16-29(20)21/h2-6,8,10,16,19,25H,7,9,11-15H2,1H3,(H,26,30)/t19-/m1/s1. The minimum atomic E-state index is -0.556. The van der Waals surface area contributed by atoms with E-state index in [4.69, 9.17) is 0 Å². The Balaban J connectivity index is 1.62. The van der Waals surface area contributed by atoms with Crippen molar-refractivity contribution in [1.82, 2.24) is 25.2 Å². The number of piperidine rings is 1. The highest BCUT2D eigenvalue weighted by Crippen LogP contribution is 2.30. The van der Waals surface area contributed by atoms with Crippen LogP contribution in [0.15, 0.2) is 48.7 Å². The number of fused-ring (bicyclic) bond motifs is 1. The highest BCUT2D eigenvalue weighted by atomic mass is 19.1. The van der Waals surface area contributed by atoms with Crippen molar-refractivity contribution in [2.75, 3.05) is 13.1 Å². The first-order chi connectivity index (χ1) is 14.6. The van der Waals surface area contributed by atoms with E-state index in [0.717, 1.165) is 32.4 Å². The molecule has 1 aliphatic heterocycles. The molecule has 1 amide bonds. The van der Waals surface area contributed by atoms with Gasteiger partial charge in [-0.25, -0.2) is 4.39 Å². The number of amides is 1. The van der Waals surface area contributed by atoms with E-state index >= 15 is 0 Å². The van der Waals surface area contributed by atoms with Crippen LogP contribution in [0.25, 0.3) is 5.65 Å². The van der Waals surface area contributed by atoms with Gasteiger partial charge in [-0.05, 0) is 56.0 Å². The van der Waals surface area contributed by atoms with Gasteiger partial charge >= 0.3 is 0 Å². The summed E-state index contributed by atoms with van der Waals surface area (Å²) in [5, 5.41) is 15.2. The van der Waals surface area contributed by atoms with Crippen LogP contribution >= 0.6 is 0 Å². The Labute approximate surface area is 175 Å². The van der Waals surface area contributed by atoms with Gasteiger partial charge < -0.3 is 10.6 Å². The zero-order valence-corrected chi connectivity index (χ0v) is 17.3. The Hall–Kier alpha value is -2.80. The van der Waals surface area contributed by atoms with Crippen molar-refractivity contribution < 1.29 is 9.18 Å². The number of alkyl halides is 1. The van der Waals surface area contributed by atoms with Crippen molar-refractivity contribution in [1.29, 1.82) is 0 Å². The van der Waals surface area contributed by atoms with E-state index in [1.54, 1.807) is 22.7 Å². The summed E-state index contributed by atoms with van der Waals surface area (Å²) in [5.41, 5.74) is 2.00. The molecule has 1 saturated heterocycles. The summed E-state index contributed by atoms with van der Waals surface area (Å²) in [4.78, 5) is 13.2. The predicted molar refractivity (Wildman–Crippen MR) is 114 cm³/mol. The number of pyridine rings is 1. The zero-order valence-electron chi connectivity index (χ0n) is 17.3. The number of aryl methyl sites for hydroxylation is 1. The van der Waals surface area contributed by atoms with Gasteiger partial charge in [0, 0.05) is 11.6 Å². The van der Waals surface area contributed by atoms with Gasteiger partial charge in [0.2, 0.25) is 5.91 Å². The quantitative estimate of drug-likeness (QED) is 0.628. The molecule has 30 heavy (non-hydrogen) atoms. The van der Waals surface area contributed by atoms with Crippen molar-refractivity contribution >= 4 is 11.6 Å². The Kier molecular flexibility index (Phi) is 6.08. The molecular weight excluding hydrogens is 381 g/mol. The van der Waals surface area contributed by atoms with Crippen LogP contribution in [0.5, 0.6) is 0 Å². The van der Waals surface area contributed by atoms with Gasteiger partial charge in [0.1, 0.15) is 6.67 Å². The Bertz CT molecular complexity index is 997. The molecule has 6 nitrogen and oxygen atoms in total. The third kappa shape index (κ3) is 4.36. The normalized spacial score (nSPS) is 17.0. The highest BCUT2D eigenvalue weighted by Gasteiger charge is 2.36. The van der Waals surface area contributed by atoms with Crippen molar-refractivity contribution in [2.45, 2.75) is 45.3 Å². The lowest BCUT2D eigenvalue weighted by molar-refractivity contribution is -0.132. The molecule has 2 aromatic heterocycles. The molecule has 0 aliphatic carbocycles. The number of benzene rings is 1. The molecule has 3 aromatic rings. The first-order valence-electron chi connectivity index (χ1n) is 10.5. The van der Waals surface area contributed by atoms with Gasteiger partial charge in [-0.15, -0.1) is 10.2 Å². The second-order valence-electron chi connectivity index (χ2n) is 8.32. The van der Waals surface area contributed by atoms with Crippen molar-refractivity contribution in [3.8, 4) is 0 Å². The molecule has 2 N–H and O–H groups in total. The van der Waals surface area contributed by atoms with Crippen LogP contribution in [0, 0.1) is 5.41 Å². The second-order valence-corrected chi connectivity index (χ2v) is 8.32. The maximum atomic E-state index is 13.2. The number of carbonyl (C=O) groups is 1. The topological polar surface area (TPSA) is 71.3 Å². The van der Waals surface area contributed by atoms with Gasteiger partial charge in [-0.2, -0.15) is 0 Å². The summed E-state index contributed by atoms with van der Waals surface area (Å²) in [6.45, 7) is 3.15. The van der Waals surface area contributed by atoms with Crippen LogP contribution in [0.2, 0.25) is 0 Å². The Morgan fingerprint density at radius 3 is 2.67 bits per heavy atom.